The van der Waals surface area contributed by atoms with Crippen LogP contribution < -0.4 is 5.32 Å². The quantitative estimate of drug-likeness (QED) is 0.327. The number of aromatic nitrogens is 2. The van der Waals surface area contributed by atoms with Crippen LogP contribution in [0.25, 0.3) is 10.9 Å². The second kappa shape index (κ2) is 10.6. The molecule has 0 unspecified atom stereocenters. The van der Waals surface area contributed by atoms with Crippen LogP contribution in [0.2, 0.25) is 5.02 Å². The predicted octanol–water partition coefficient (Wildman–Crippen LogP) is 5.22. The summed E-state index contributed by atoms with van der Waals surface area (Å²) in [7, 11) is 0. The molecular formula is C29H29ClN4O3. The van der Waals surface area contributed by atoms with Crippen LogP contribution in [0.4, 0.5) is 0 Å². The largest absolute Gasteiger partial charge is 0.506 e. The van der Waals surface area contributed by atoms with E-state index in [4.69, 9.17) is 16.6 Å². The van der Waals surface area contributed by atoms with Crippen molar-refractivity contribution in [2.45, 2.75) is 32.1 Å². The Bertz CT molecular complexity index is 1460. The van der Waals surface area contributed by atoms with Gasteiger partial charge in [0.15, 0.2) is 0 Å². The number of piperidine rings is 1. The molecule has 37 heavy (non-hydrogen) atoms. The number of H-pyrrole nitrogens is 1. The number of halogens is 1. The number of pyridine rings is 1. The summed E-state index contributed by atoms with van der Waals surface area (Å²) in [6.45, 7) is 3.56. The number of para-hydroxylation sites is 1. The lowest BCUT2D eigenvalue weighted by Crippen LogP contribution is -2.38. The third kappa shape index (κ3) is 5.32. The third-order valence-corrected chi connectivity index (χ3v) is 7.33. The van der Waals surface area contributed by atoms with Gasteiger partial charge in [-0.1, -0.05) is 29.8 Å². The molecule has 0 radical (unpaired) electrons. The molecule has 3 heterocycles. The zero-order chi connectivity index (χ0) is 25.9. The maximum atomic E-state index is 13.2. The van der Waals surface area contributed by atoms with Crippen molar-refractivity contribution in [3.05, 3.63) is 93.9 Å². The molecule has 0 atom stereocenters. The van der Waals surface area contributed by atoms with E-state index in [1.807, 2.05) is 43.5 Å². The zero-order valence-corrected chi connectivity index (χ0v) is 21.4. The number of amides is 2. The topological polar surface area (TPSA) is 98.3 Å². The summed E-state index contributed by atoms with van der Waals surface area (Å²) in [4.78, 5) is 35.9. The monoisotopic (exact) mass is 516 g/mol. The average molecular weight is 517 g/mol. The number of phenolic OH excluding ortho intramolecular Hbond substituents is 1. The van der Waals surface area contributed by atoms with Crippen LogP contribution in [0.15, 0.2) is 60.8 Å². The highest BCUT2D eigenvalue weighted by atomic mass is 35.5. The van der Waals surface area contributed by atoms with E-state index in [-0.39, 0.29) is 28.5 Å². The van der Waals surface area contributed by atoms with Crippen LogP contribution in [0.1, 0.15) is 56.4 Å². The van der Waals surface area contributed by atoms with E-state index in [1.165, 1.54) is 23.1 Å². The van der Waals surface area contributed by atoms with Crippen LogP contribution in [0, 0.1) is 6.92 Å². The van der Waals surface area contributed by atoms with E-state index < -0.39 is 0 Å². The normalized spacial score (nSPS) is 14.2. The van der Waals surface area contributed by atoms with Crippen molar-refractivity contribution < 1.29 is 14.7 Å². The van der Waals surface area contributed by atoms with Gasteiger partial charge in [0, 0.05) is 53.9 Å². The number of nitrogens with zero attached hydrogens (tertiary/aromatic N) is 2. The number of phenols is 1. The fraction of sp³-hybridized carbons (Fsp3) is 0.276. The lowest BCUT2D eigenvalue weighted by atomic mass is 9.89. The molecule has 0 aliphatic carbocycles. The number of aromatic amines is 1. The molecule has 4 aromatic rings. The molecule has 2 amide bonds. The van der Waals surface area contributed by atoms with E-state index in [9.17, 15) is 14.7 Å². The number of aryl methyl sites for hydroxylation is 1. The molecule has 1 aliphatic heterocycles. The molecule has 1 saturated heterocycles. The first-order valence-electron chi connectivity index (χ1n) is 12.5. The maximum absolute atomic E-state index is 13.2. The maximum Gasteiger partial charge on any atom is 0.253 e. The summed E-state index contributed by atoms with van der Waals surface area (Å²) >= 11 is 5.98. The van der Waals surface area contributed by atoms with Crippen molar-refractivity contribution in [2.24, 2.45) is 0 Å². The SMILES string of the molecule is Cc1ccc(C(=O)NCCc2c[nH]c3ccccc23)c(C2CCN(C(=O)c3ccc(O)c(Cl)c3)CC2)n1. The van der Waals surface area contributed by atoms with Crippen LogP contribution in [0.3, 0.4) is 0 Å². The molecule has 8 heteroatoms. The molecule has 2 aromatic heterocycles. The van der Waals surface area contributed by atoms with Crippen molar-refractivity contribution in [2.75, 3.05) is 19.6 Å². The van der Waals surface area contributed by atoms with Gasteiger partial charge in [-0.3, -0.25) is 14.6 Å². The van der Waals surface area contributed by atoms with Gasteiger partial charge in [-0.25, -0.2) is 0 Å². The van der Waals surface area contributed by atoms with E-state index in [2.05, 4.69) is 16.4 Å². The number of benzene rings is 2. The van der Waals surface area contributed by atoms with Crippen molar-refractivity contribution in [1.82, 2.24) is 20.2 Å². The van der Waals surface area contributed by atoms with Crippen molar-refractivity contribution in [1.29, 1.82) is 0 Å². The Morgan fingerprint density at radius 3 is 2.70 bits per heavy atom. The standard InChI is InChI=1S/C29H29ClN4O3/c1-18-6-8-23(28(36)31-13-10-21-17-32-25-5-3-2-4-22(21)25)27(33-18)19-11-14-34(15-12-19)29(37)20-7-9-26(35)24(30)16-20/h2-9,16-17,19,32,35H,10-15H2,1H3,(H,31,36). The first-order valence-corrected chi connectivity index (χ1v) is 12.9. The first kappa shape index (κ1) is 24.8. The van der Waals surface area contributed by atoms with Crippen molar-refractivity contribution in [3.63, 3.8) is 0 Å². The third-order valence-electron chi connectivity index (χ3n) is 7.03. The Labute approximate surface area is 220 Å². The molecule has 190 valence electrons. The molecule has 3 N–H and O–H groups in total. The van der Waals surface area contributed by atoms with Crippen molar-refractivity contribution >= 4 is 34.3 Å². The van der Waals surface area contributed by atoms with Gasteiger partial charge < -0.3 is 20.3 Å². The number of carbonyl (C=O) groups excluding carboxylic acids is 2. The molecule has 1 aliphatic rings. The Balaban J connectivity index is 1.23. The first-order chi connectivity index (χ1) is 17.9. The molecule has 1 fully saturated rings. The van der Waals surface area contributed by atoms with Crippen molar-refractivity contribution in [3.8, 4) is 5.75 Å². The smallest absolute Gasteiger partial charge is 0.253 e. The van der Waals surface area contributed by atoms with E-state index in [1.54, 1.807) is 11.0 Å². The number of likely N-dealkylation sites (tertiary alicyclic amines) is 1. The second-order valence-corrected chi connectivity index (χ2v) is 9.89. The molecule has 5 rings (SSSR count). The number of fused-ring (bicyclic) bond motifs is 1. The number of hydrogen-bond acceptors (Lipinski definition) is 4. The van der Waals surface area contributed by atoms with Gasteiger partial charge in [0.05, 0.1) is 16.3 Å². The molecular weight excluding hydrogens is 488 g/mol. The summed E-state index contributed by atoms with van der Waals surface area (Å²) in [5.41, 5.74) is 4.97. The highest BCUT2D eigenvalue weighted by Gasteiger charge is 2.28. The lowest BCUT2D eigenvalue weighted by Gasteiger charge is -2.32. The van der Waals surface area contributed by atoms with E-state index in [0.29, 0.717) is 43.6 Å². The number of aromatic hydroxyl groups is 1. The van der Waals surface area contributed by atoms with E-state index in [0.717, 1.165) is 23.3 Å². The molecule has 0 bridgehead atoms. The van der Waals surface area contributed by atoms with Gasteiger partial charge in [0.2, 0.25) is 0 Å². The average Bonchev–Trinajstić information content (AvgIpc) is 3.33. The molecule has 7 nitrogen and oxygen atoms in total. The minimum atomic E-state index is -0.125. The summed E-state index contributed by atoms with van der Waals surface area (Å²) in [5, 5.41) is 14.0. The molecule has 0 spiro atoms. The summed E-state index contributed by atoms with van der Waals surface area (Å²) in [6.07, 6.45) is 4.15. The summed E-state index contributed by atoms with van der Waals surface area (Å²) in [6, 6.07) is 16.4. The van der Waals surface area contributed by atoms with E-state index >= 15 is 0 Å². The Morgan fingerprint density at radius 1 is 1.14 bits per heavy atom. The minimum absolute atomic E-state index is 0.0466. The highest BCUT2D eigenvalue weighted by molar-refractivity contribution is 6.32. The Kier molecular flexibility index (Phi) is 7.15. The molecule has 0 saturated carbocycles. The van der Waals surface area contributed by atoms with Gasteiger partial charge >= 0.3 is 0 Å². The van der Waals surface area contributed by atoms with Crippen LogP contribution in [-0.2, 0) is 6.42 Å². The predicted molar refractivity (Wildman–Crippen MR) is 144 cm³/mol. The fourth-order valence-corrected chi connectivity index (χ4v) is 5.18. The number of hydrogen-bond donors (Lipinski definition) is 3. The van der Waals surface area contributed by atoms with Crippen LogP contribution >= 0.6 is 11.6 Å². The second-order valence-electron chi connectivity index (χ2n) is 9.48. The van der Waals surface area contributed by atoms with Crippen LogP contribution in [0.5, 0.6) is 5.75 Å². The molecule has 2 aromatic carbocycles. The van der Waals surface area contributed by atoms with Crippen LogP contribution in [-0.4, -0.2) is 51.4 Å². The van der Waals surface area contributed by atoms with Gasteiger partial charge in [-0.05, 0) is 68.1 Å². The number of nitrogens with one attached hydrogen (secondary N) is 2. The highest BCUT2D eigenvalue weighted by Crippen LogP contribution is 2.31. The zero-order valence-electron chi connectivity index (χ0n) is 20.6. The van der Waals surface area contributed by atoms with Gasteiger partial charge in [-0.15, -0.1) is 0 Å². The van der Waals surface area contributed by atoms with Gasteiger partial charge in [0.25, 0.3) is 11.8 Å². The summed E-state index contributed by atoms with van der Waals surface area (Å²) < 4.78 is 0. The lowest BCUT2D eigenvalue weighted by molar-refractivity contribution is 0.0710. The summed E-state index contributed by atoms with van der Waals surface area (Å²) in [5.74, 6) is -0.205. The van der Waals surface area contributed by atoms with Gasteiger partial charge in [0.1, 0.15) is 5.75 Å². The Morgan fingerprint density at radius 2 is 1.92 bits per heavy atom. The number of carbonyl (C=O) groups is 2. The fourth-order valence-electron chi connectivity index (χ4n) is 5.00. The van der Waals surface area contributed by atoms with Gasteiger partial charge in [-0.2, -0.15) is 0 Å². The number of rotatable bonds is 6. The Hall–Kier alpha value is -3.84. The minimum Gasteiger partial charge on any atom is -0.506 e.